The molecule has 0 heterocycles. The van der Waals surface area contributed by atoms with Gasteiger partial charge in [-0.2, -0.15) is 0 Å². The zero-order valence-electron chi connectivity index (χ0n) is 7.31. The van der Waals surface area contributed by atoms with Gasteiger partial charge in [0, 0.05) is 6.54 Å². The molecular weight excluding hydrogens is 110 g/mol. The van der Waals surface area contributed by atoms with Gasteiger partial charge in [-0.1, -0.05) is 20.8 Å². The Balaban J connectivity index is 3.38. The van der Waals surface area contributed by atoms with E-state index >= 15 is 0 Å². The molecule has 1 heteroatoms. The normalized spacial score (nSPS) is 15.0. The second kappa shape index (κ2) is 3.89. The van der Waals surface area contributed by atoms with Gasteiger partial charge >= 0.3 is 0 Å². The summed E-state index contributed by atoms with van der Waals surface area (Å²) in [6.07, 6.45) is 0. The van der Waals surface area contributed by atoms with E-state index in [1.807, 2.05) is 0 Å². The van der Waals surface area contributed by atoms with Gasteiger partial charge in [-0.3, -0.25) is 0 Å². The highest BCUT2D eigenvalue weighted by Gasteiger charge is 2.06. The molecule has 0 fully saturated rings. The standard InChI is InChI=1S/C8H19N/c1-7(2)8(3)6-9(4)5/h7-8H,6H2,1-5H3/t8-/m1/s1. The molecule has 0 saturated heterocycles. The Morgan fingerprint density at radius 3 is 1.67 bits per heavy atom. The number of hydrogen-bond acceptors (Lipinski definition) is 1. The molecule has 0 aromatic heterocycles. The SMILES string of the molecule is CC(C)[C@H](C)CN(C)C. The third kappa shape index (κ3) is 4.46. The number of hydrogen-bond donors (Lipinski definition) is 0. The van der Waals surface area contributed by atoms with Crippen molar-refractivity contribution in [3.05, 3.63) is 0 Å². The predicted molar refractivity (Wildman–Crippen MR) is 42.6 cm³/mol. The van der Waals surface area contributed by atoms with Crippen LogP contribution in [0, 0.1) is 11.8 Å². The predicted octanol–water partition coefficient (Wildman–Crippen LogP) is 1.84. The molecule has 56 valence electrons. The summed E-state index contributed by atoms with van der Waals surface area (Å²) in [7, 11) is 4.25. The first-order valence-corrected chi connectivity index (χ1v) is 3.68. The molecule has 9 heavy (non-hydrogen) atoms. The minimum absolute atomic E-state index is 0.812. The van der Waals surface area contributed by atoms with Crippen LogP contribution in [-0.4, -0.2) is 25.5 Å². The summed E-state index contributed by atoms with van der Waals surface area (Å²) in [5, 5.41) is 0. The topological polar surface area (TPSA) is 3.24 Å². The van der Waals surface area contributed by atoms with Gasteiger partial charge in [0.25, 0.3) is 0 Å². The molecule has 0 aliphatic heterocycles. The average molecular weight is 129 g/mol. The Morgan fingerprint density at radius 2 is 1.56 bits per heavy atom. The highest BCUT2D eigenvalue weighted by molar-refractivity contribution is 4.58. The van der Waals surface area contributed by atoms with Gasteiger partial charge < -0.3 is 4.90 Å². The molecule has 0 aromatic rings. The molecule has 0 aliphatic rings. The van der Waals surface area contributed by atoms with E-state index in [1.54, 1.807) is 0 Å². The first-order chi connectivity index (χ1) is 4.04. The maximum atomic E-state index is 2.30. The zero-order chi connectivity index (χ0) is 7.44. The molecule has 0 unspecified atom stereocenters. The second-order valence-corrected chi connectivity index (χ2v) is 3.48. The van der Waals surface area contributed by atoms with Crippen LogP contribution in [0.25, 0.3) is 0 Å². The van der Waals surface area contributed by atoms with Gasteiger partial charge in [-0.25, -0.2) is 0 Å². The van der Waals surface area contributed by atoms with Crippen LogP contribution in [0.1, 0.15) is 20.8 Å². The van der Waals surface area contributed by atoms with Crippen molar-refractivity contribution >= 4 is 0 Å². The quantitative estimate of drug-likeness (QED) is 0.562. The molecule has 0 rings (SSSR count). The van der Waals surface area contributed by atoms with Crippen LogP contribution in [-0.2, 0) is 0 Å². The molecule has 0 saturated carbocycles. The first kappa shape index (κ1) is 8.96. The lowest BCUT2D eigenvalue weighted by Gasteiger charge is -2.19. The van der Waals surface area contributed by atoms with Crippen LogP contribution < -0.4 is 0 Å². The molecule has 0 amide bonds. The van der Waals surface area contributed by atoms with E-state index in [0.717, 1.165) is 11.8 Å². The molecule has 0 bridgehead atoms. The molecule has 0 aliphatic carbocycles. The first-order valence-electron chi connectivity index (χ1n) is 3.68. The van der Waals surface area contributed by atoms with Crippen molar-refractivity contribution in [1.82, 2.24) is 4.90 Å². The summed E-state index contributed by atoms with van der Waals surface area (Å²) in [4.78, 5) is 2.24. The van der Waals surface area contributed by atoms with E-state index in [-0.39, 0.29) is 0 Å². The maximum absolute atomic E-state index is 2.30. The van der Waals surface area contributed by atoms with E-state index in [2.05, 4.69) is 39.8 Å². The summed E-state index contributed by atoms with van der Waals surface area (Å²) in [6.45, 7) is 8.05. The lowest BCUT2D eigenvalue weighted by molar-refractivity contribution is 0.287. The Bertz CT molecular complexity index is 67.0. The molecule has 0 spiro atoms. The van der Waals surface area contributed by atoms with Gasteiger partial charge in [-0.15, -0.1) is 0 Å². The highest BCUT2D eigenvalue weighted by atomic mass is 15.1. The third-order valence-electron chi connectivity index (χ3n) is 1.79. The molecule has 1 nitrogen and oxygen atoms in total. The summed E-state index contributed by atoms with van der Waals surface area (Å²) in [5.41, 5.74) is 0. The largest absolute Gasteiger partial charge is 0.309 e. The van der Waals surface area contributed by atoms with E-state index < -0.39 is 0 Å². The van der Waals surface area contributed by atoms with E-state index in [0.29, 0.717) is 0 Å². The van der Waals surface area contributed by atoms with Crippen LogP contribution in [0.15, 0.2) is 0 Å². The van der Waals surface area contributed by atoms with Crippen LogP contribution >= 0.6 is 0 Å². The van der Waals surface area contributed by atoms with Crippen molar-refractivity contribution in [1.29, 1.82) is 0 Å². The molecular formula is C8H19N. The van der Waals surface area contributed by atoms with Crippen LogP contribution in [0.2, 0.25) is 0 Å². The van der Waals surface area contributed by atoms with Crippen LogP contribution in [0.4, 0.5) is 0 Å². The Labute approximate surface area is 59.1 Å². The minimum Gasteiger partial charge on any atom is -0.309 e. The number of rotatable bonds is 3. The minimum atomic E-state index is 0.812. The third-order valence-corrected chi connectivity index (χ3v) is 1.79. The summed E-state index contributed by atoms with van der Waals surface area (Å²) < 4.78 is 0. The lowest BCUT2D eigenvalue weighted by Crippen LogP contribution is -2.22. The van der Waals surface area contributed by atoms with Crippen molar-refractivity contribution in [2.24, 2.45) is 11.8 Å². The van der Waals surface area contributed by atoms with Crippen molar-refractivity contribution in [3.8, 4) is 0 Å². The monoisotopic (exact) mass is 129 g/mol. The van der Waals surface area contributed by atoms with Crippen LogP contribution in [0.5, 0.6) is 0 Å². The molecule has 0 aromatic carbocycles. The average Bonchev–Trinajstić information content (AvgIpc) is 1.63. The molecule has 1 atom stereocenters. The van der Waals surface area contributed by atoms with Crippen molar-refractivity contribution in [2.45, 2.75) is 20.8 Å². The van der Waals surface area contributed by atoms with E-state index in [9.17, 15) is 0 Å². The Morgan fingerprint density at radius 1 is 1.11 bits per heavy atom. The summed E-state index contributed by atoms with van der Waals surface area (Å²) in [5.74, 6) is 1.63. The maximum Gasteiger partial charge on any atom is 0.000336 e. The highest BCUT2D eigenvalue weighted by Crippen LogP contribution is 2.09. The van der Waals surface area contributed by atoms with Crippen LogP contribution in [0.3, 0.4) is 0 Å². The molecule has 0 radical (unpaired) electrons. The van der Waals surface area contributed by atoms with Gasteiger partial charge in [0.2, 0.25) is 0 Å². The van der Waals surface area contributed by atoms with Gasteiger partial charge in [0.1, 0.15) is 0 Å². The smallest absolute Gasteiger partial charge is 0.000336 e. The van der Waals surface area contributed by atoms with E-state index in [1.165, 1.54) is 6.54 Å². The van der Waals surface area contributed by atoms with Crippen molar-refractivity contribution < 1.29 is 0 Å². The summed E-state index contributed by atoms with van der Waals surface area (Å²) in [6, 6.07) is 0. The molecule has 0 N–H and O–H groups in total. The van der Waals surface area contributed by atoms with E-state index in [4.69, 9.17) is 0 Å². The van der Waals surface area contributed by atoms with Gasteiger partial charge in [0.15, 0.2) is 0 Å². The second-order valence-electron chi connectivity index (χ2n) is 3.48. The van der Waals surface area contributed by atoms with Crippen molar-refractivity contribution in [3.63, 3.8) is 0 Å². The van der Waals surface area contributed by atoms with Gasteiger partial charge in [-0.05, 0) is 25.9 Å². The lowest BCUT2D eigenvalue weighted by atomic mass is 9.98. The number of nitrogens with zero attached hydrogens (tertiary/aromatic N) is 1. The Hall–Kier alpha value is -0.0400. The zero-order valence-corrected chi connectivity index (χ0v) is 7.31. The fourth-order valence-electron chi connectivity index (χ4n) is 0.787. The van der Waals surface area contributed by atoms with Crippen molar-refractivity contribution in [2.75, 3.05) is 20.6 Å². The van der Waals surface area contributed by atoms with Gasteiger partial charge in [0.05, 0.1) is 0 Å². The Kier molecular flexibility index (Phi) is 3.87. The summed E-state index contributed by atoms with van der Waals surface area (Å²) >= 11 is 0. The fraction of sp³-hybridized carbons (Fsp3) is 1.00. The fourth-order valence-corrected chi connectivity index (χ4v) is 0.787.